The van der Waals surface area contributed by atoms with E-state index in [1.807, 2.05) is 0 Å². The van der Waals surface area contributed by atoms with Crippen molar-refractivity contribution < 1.29 is 8.42 Å². The van der Waals surface area contributed by atoms with Gasteiger partial charge in [-0.25, -0.2) is 13.1 Å². The first-order chi connectivity index (χ1) is 7.53. The summed E-state index contributed by atoms with van der Waals surface area (Å²) in [6.45, 7) is 0.337. The molecule has 2 rings (SSSR count). The van der Waals surface area contributed by atoms with Gasteiger partial charge in [0.15, 0.2) is 0 Å². The molecule has 0 bridgehead atoms. The molecule has 1 aromatic heterocycles. The molecule has 0 radical (unpaired) electrons. The second-order valence-corrected chi connectivity index (χ2v) is 5.86. The van der Waals surface area contributed by atoms with Crippen LogP contribution in [-0.2, 0) is 17.1 Å². The molecule has 1 aromatic rings. The summed E-state index contributed by atoms with van der Waals surface area (Å²) in [6, 6.07) is -0.148. The molecule has 0 saturated heterocycles. The lowest BCUT2D eigenvalue weighted by molar-refractivity contribution is 0.519. The molecule has 6 nitrogen and oxygen atoms in total. The number of hydrogen-bond donors (Lipinski definition) is 2. The molecule has 0 amide bonds. The smallest absolute Gasteiger partial charge is 0.243 e. The van der Waals surface area contributed by atoms with E-state index in [0.29, 0.717) is 12.5 Å². The highest BCUT2D eigenvalue weighted by atomic mass is 32.2. The van der Waals surface area contributed by atoms with Gasteiger partial charge in [-0.05, 0) is 18.8 Å². The number of nitrogens with two attached hydrogens (primary N) is 1. The second-order valence-electron chi connectivity index (χ2n) is 4.15. The van der Waals surface area contributed by atoms with Crippen molar-refractivity contribution in [2.75, 3.05) is 6.54 Å². The van der Waals surface area contributed by atoms with Gasteiger partial charge in [0.2, 0.25) is 10.0 Å². The Balaban J connectivity index is 2.12. The monoisotopic (exact) mass is 244 g/mol. The van der Waals surface area contributed by atoms with E-state index in [4.69, 9.17) is 5.73 Å². The Labute approximate surface area is 94.9 Å². The molecule has 1 aliphatic rings. The van der Waals surface area contributed by atoms with Crippen LogP contribution >= 0.6 is 0 Å². The van der Waals surface area contributed by atoms with E-state index < -0.39 is 10.0 Å². The lowest BCUT2D eigenvalue weighted by atomic mass is 10.2. The van der Waals surface area contributed by atoms with Crippen LogP contribution in [0.25, 0.3) is 0 Å². The minimum atomic E-state index is -3.47. The molecule has 1 fully saturated rings. The Morgan fingerprint density at radius 2 is 2.38 bits per heavy atom. The van der Waals surface area contributed by atoms with Gasteiger partial charge >= 0.3 is 0 Å². The molecule has 16 heavy (non-hydrogen) atoms. The zero-order chi connectivity index (χ0) is 11.8. The Hall–Kier alpha value is -0.920. The van der Waals surface area contributed by atoms with Crippen molar-refractivity contribution in [3.63, 3.8) is 0 Å². The van der Waals surface area contributed by atoms with E-state index >= 15 is 0 Å². The largest absolute Gasteiger partial charge is 0.329 e. The van der Waals surface area contributed by atoms with Crippen molar-refractivity contribution in [1.29, 1.82) is 0 Å². The SMILES string of the molecule is Cn1cc(S(=O)(=O)NC(CN)C2CC2)cn1. The van der Waals surface area contributed by atoms with E-state index in [-0.39, 0.29) is 10.9 Å². The molecule has 1 unspecified atom stereocenters. The van der Waals surface area contributed by atoms with Crippen molar-refractivity contribution in [2.24, 2.45) is 18.7 Å². The maximum atomic E-state index is 11.9. The van der Waals surface area contributed by atoms with E-state index in [1.165, 1.54) is 17.1 Å². The Morgan fingerprint density at radius 1 is 1.69 bits per heavy atom. The maximum absolute atomic E-state index is 11.9. The van der Waals surface area contributed by atoms with Crippen molar-refractivity contribution in [1.82, 2.24) is 14.5 Å². The second kappa shape index (κ2) is 4.15. The van der Waals surface area contributed by atoms with Gasteiger partial charge in [0, 0.05) is 25.8 Å². The standard InChI is InChI=1S/C9H16N4O2S/c1-13-6-8(5-11-13)16(14,15)12-9(4-10)7-2-3-7/h5-7,9,12H,2-4,10H2,1H3. The number of aromatic nitrogens is 2. The lowest BCUT2D eigenvalue weighted by Gasteiger charge is -2.15. The molecular weight excluding hydrogens is 228 g/mol. The van der Waals surface area contributed by atoms with Crippen LogP contribution in [0.5, 0.6) is 0 Å². The summed E-state index contributed by atoms with van der Waals surface area (Å²) in [6.07, 6.45) is 4.92. The van der Waals surface area contributed by atoms with Gasteiger partial charge in [0.05, 0.1) is 6.20 Å². The van der Waals surface area contributed by atoms with Crippen LogP contribution in [0.4, 0.5) is 0 Å². The molecule has 1 aliphatic carbocycles. The first kappa shape index (κ1) is 11.6. The Bertz CT molecular complexity index is 464. The number of aryl methyl sites for hydroxylation is 1. The molecule has 0 aromatic carbocycles. The van der Waals surface area contributed by atoms with Crippen molar-refractivity contribution in [2.45, 2.75) is 23.8 Å². The van der Waals surface area contributed by atoms with Crippen molar-refractivity contribution in [3.05, 3.63) is 12.4 Å². The predicted octanol–water partition coefficient (Wildman–Crippen LogP) is -0.564. The first-order valence-electron chi connectivity index (χ1n) is 5.24. The number of nitrogens with one attached hydrogen (secondary N) is 1. The molecule has 7 heteroatoms. The van der Waals surface area contributed by atoms with Crippen molar-refractivity contribution in [3.8, 4) is 0 Å². The van der Waals surface area contributed by atoms with Crippen LogP contribution in [0.2, 0.25) is 0 Å². The molecule has 0 spiro atoms. The highest BCUT2D eigenvalue weighted by molar-refractivity contribution is 7.89. The van der Waals surface area contributed by atoms with Gasteiger partial charge in [-0.15, -0.1) is 0 Å². The number of rotatable bonds is 5. The fourth-order valence-corrected chi connectivity index (χ4v) is 2.94. The number of sulfonamides is 1. The third-order valence-corrected chi connectivity index (χ3v) is 4.19. The number of hydrogen-bond acceptors (Lipinski definition) is 4. The van der Waals surface area contributed by atoms with Crippen molar-refractivity contribution >= 4 is 10.0 Å². The fourth-order valence-electron chi connectivity index (χ4n) is 1.64. The zero-order valence-corrected chi connectivity index (χ0v) is 9.94. The highest BCUT2D eigenvalue weighted by Crippen LogP contribution is 2.32. The quantitative estimate of drug-likeness (QED) is 0.726. The average Bonchev–Trinajstić information content (AvgIpc) is 2.97. The number of nitrogens with zero attached hydrogens (tertiary/aromatic N) is 2. The van der Waals surface area contributed by atoms with Gasteiger partial charge < -0.3 is 5.73 Å². The zero-order valence-electron chi connectivity index (χ0n) is 9.13. The van der Waals surface area contributed by atoms with Crippen LogP contribution < -0.4 is 10.5 Å². The van der Waals surface area contributed by atoms with Crippen LogP contribution in [0.1, 0.15) is 12.8 Å². The van der Waals surface area contributed by atoms with Gasteiger partial charge in [-0.1, -0.05) is 0 Å². The molecular formula is C9H16N4O2S. The van der Waals surface area contributed by atoms with Gasteiger partial charge in [0.25, 0.3) is 0 Å². The highest BCUT2D eigenvalue weighted by Gasteiger charge is 2.33. The topological polar surface area (TPSA) is 90.0 Å². The first-order valence-corrected chi connectivity index (χ1v) is 6.72. The van der Waals surface area contributed by atoms with E-state index in [2.05, 4.69) is 9.82 Å². The minimum Gasteiger partial charge on any atom is -0.329 e. The van der Waals surface area contributed by atoms with Crippen LogP contribution in [0.15, 0.2) is 17.3 Å². The van der Waals surface area contributed by atoms with Gasteiger partial charge in [-0.3, -0.25) is 4.68 Å². The third-order valence-electron chi connectivity index (χ3n) is 2.74. The summed E-state index contributed by atoms with van der Waals surface area (Å²) in [7, 11) is -1.79. The summed E-state index contributed by atoms with van der Waals surface area (Å²) in [4.78, 5) is 0.189. The maximum Gasteiger partial charge on any atom is 0.243 e. The van der Waals surface area contributed by atoms with E-state index in [0.717, 1.165) is 12.8 Å². The Morgan fingerprint density at radius 3 is 2.81 bits per heavy atom. The van der Waals surface area contributed by atoms with E-state index in [1.54, 1.807) is 7.05 Å². The average molecular weight is 244 g/mol. The predicted molar refractivity (Wildman–Crippen MR) is 59.1 cm³/mol. The summed E-state index contributed by atoms with van der Waals surface area (Å²) >= 11 is 0. The summed E-state index contributed by atoms with van der Waals surface area (Å²) < 4.78 is 27.9. The fraction of sp³-hybridized carbons (Fsp3) is 0.667. The summed E-state index contributed by atoms with van der Waals surface area (Å²) in [5.41, 5.74) is 5.56. The van der Waals surface area contributed by atoms with Gasteiger partial charge in [0.1, 0.15) is 4.90 Å². The normalized spacial score (nSPS) is 18.6. The minimum absolute atomic E-state index is 0.148. The van der Waals surface area contributed by atoms with Crippen LogP contribution in [0, 0.1) is 5.92 Å². The molecule has 1 atom stereocenters. The van der Waals surface area contributed by atoms with E-state index in [9.17, 15) is 8.42 Å². The summed E-state index contributed by atoms with van der Waals surface area (Å²) in [5, 5.41) is 3.84. The lowest BCUT2D eigenvalue weighted by Crippen LogP contribution is -2.41. The van der Waals surface area contributed by atoms with Crippen LogP contribution in [-0.4, -0.2) is 30.8 Å². The molecule has 1 saturated carbocycles. The molecule has 0 aliphatic heterocycles. The van der Waals surface area contributed by atoms with Crippen LogP contribution in [0.3, 0.4) is 0 Å². The molecule has 3 N–H and O–H groups in total. The Kier molecular flexibility index (Phi) is 3.00. The molecule has 90 valence electrons. The third kappa shape index (κ3) is 2.42. The molecule has 1 heterocycles. The summed E-state index contributed by atoms with van der Waals surface area (Å²) in [5.74, 6) is 0.399. The van der Waals surface area contributed by atoms with Gasteiger partial charge in [-0.2, -0.15) is 5.10 Å².